The van der Waals surface area contributed by atoms with Gasteiger partial charge in [0.15, 0.2) is 0 Å². The molecule has 1 aliphatic rings. The number of fused-ring (bicyclic) bond motifs is 1. The molecule has 3 rings (SSSR count). The maximum absolute atomic E-state index is 12.8. The Morgan fingerprint density at radius 2 is 1.62 bits per heavy atom. The van der Waals surface area contributed by atoms with Crippen LogP contribution in [0.3, 0.4) is 0 Å². The van der Waals surface area contributed by atoms with Crippen LogP contribution in [0.1, 0.15) is 36.0 Å². The number of benzene rings is 2. The number of carbonyl (C=O) groups excluding carboxylic acids is 1. The highest BCUT2D eigenvalue weighted by Gasteiger charge is 2.43. The molecule has 0 bridgehead atoms. The topological polar surface area (TPSA) is 92.4 Å². The molecule has 158 valence electrons. The maximum Gasteiger partial charge on any atom is 0.391 e. The zero-order chi connectivity index (χ0) is 20.5. The Labute approximate surface area is 171 Å². The van der Waals surface area contributed by atoms with Crippen LogP contribution in [0.25, 0.3) is 10.8 Å². The molecule has 1 amide bonds. The molecule has 5 nitrogen and oxygen atoms in total. The van der Waals surface area contributed by atoms with Crippen LogP contribution in [0, 0.1) is 11.8 Å². The van der Waals surface area contributed by atoms with Crippen molar-refractivity contribution in [2.24, 2.45) is 11.8 Å². The highest BCUT2D eigenvalue weighted by Crippen LogP contribution is 2.40. The van der Waals surface area contributed by atoms with Crippen LogP contribution in [0.15, 0.2) is 36.4 Å². The Morgan fingerprint density at radius 1 is 1.07 bits per heavy atom. The van der Waals surface area contributed by atoms with E-state index < -0.39 is 35.9 Å². The van der Waals surface area contributed by atoms with Crippen LogP contribution in [-0.4, -0.2) is 29.2 Å². The van der Waals surface area contributed by atoms with E-state index in [0.29, 0.717) is 0 Å². The molecule has 1 fully saturated rings. The molecular formula is C20H22ClF3N2O3. The fraction of sp³-hybridized carbons (Fsp3) is 0.400. The van der Waals surface area contributed by atoms with Gasteiger partial charge in [-0.3, -0.25) is 4.79 Å². The van der Waals surface area contributed by atoms with E-state index in [9.17, 15) is 27.9 Å². The normalized spacial score (nSPS) is 20.5. The van der Waals surface area contributed by atoms with Crippen molar-refractivity contribution < 1.29 is 27.9 Å². The highest BCUT2D eigenvalue weighted by molar-refractivity contribution is 6.05. The maximum atomic E-state index is 12.8. The first-order chi connectivity index (χ1) is 13.2. The van der Waals surface area contributed by atoms with E-state index in [-0.39, 0.29) is 49.3 Å². The third kappa shape index (κ3) is 5.12. The van der Waals surface area contributed by atoms with E-state index in [1.165, 1.54) is 0 Å². The summed E-state index contributed by atoms with van der Waals surface area (Å²) in [5.41, 5.74) is 6.31. The summed E-state index contributed by atoms with van der Waals surface area (Å²) < 4.78 is 38.5. The summed E-state index contributed by atoms with van der Waals surface area (Å²) in [4.78, 5) is 24.3. The standard InChI is InChI=1S/C20H21F3N2O3.ClH/c21-20(22,23)14-7-5-11(6-8-14)17(19(27)28)25-18(26)15-9-12-3-1-2-4-13(12)10-16(15)24;/h1-4,9-11,14,17H,5-8,24H2,(H,25,26)(H,27,28);1H/t11-,14+,17?;. The first-order valence-corrected chi connectivity index (χ1v) is 9.05. The average Bonchev–Trinajstić information content (AvgIpc) is 2.64. The van der Waals surface area contributed by atoms with Crippen LogP contribution in [0.5, 0.6) is 0 Å². The number of carboxylic acid groups (broad SMARTS) is 1. The minimum absolute atomic E-state index is 0. The Bertz CT molecular complexity index is 896. The van der Waals surface area contributed by atoms with E-state index in [4.69, 9.17) is 5.73 Å². The van der Waals surface area contributed by atoms with Crippen LogP contribution in [0.4, 0.5) is 18.9 Å². The van der Waals surface area contributed by atoms with Crippen LogP contribution in [0.2, 0.25) is 0 Å². The van der Waals surface area contributed by atoms with Gasteiger partial charge in [-0.15, -0.1) is 12.4 Å². The quantitative estimate of drug-likeness (QED) is 0.627. The van der Waals surface area contributed by atoms with Crippen LogP contribution in [-0.2, 0) is 4.79 Å². The molecule has 0 heterocycles. The summed E-state index contributed by atoms with van der Waals surface area (Å²) >= 11 is 0. The lowest BCUT2D eigenvalue weighted by Gasteiger charge is -2.33. The van der Waals surface area contributed by atoms with E-state index in [0.717, 1.165) is 10.8 Å². The van der Waals surface area contributed by atoms with Gasteiger partial charge in [-0.05, 0) is 54.5 Å². The van der Waals surface area contributed by atoms with Crippen molar-refractivity contribution in [3.05, 3.63) is 42.0 Å². The van der Waals surface area contributed by atoms with Gasteiger partial charge in [0.25, 0.3) is 5.91 Å². The number of nitrogens with one attached hydrogen (secondary N) is 1. The van der Waals surface area contributed by atoms with Crippen molar-refractivity contribution in [2.45, 2.75) is 37.9 Å². The molecule has 2 aromatic carbocycles. The molecule has 2 aromatic rings. The molecule has 1 aliphatic carbocycles. The number of alkyl halides is 3. The van der Waals surface area contributed by atoms with E-state index in [1.54, 1.807) is 24.3 Å². The van der Waals surface area contributed by atoms with Gasteiger partial charge in [-0.1, -0.05) is 24.3 Å². The lowest BCUT2D eigenvalue weighted by atomic mass is 9.78. The second-order valence-electron chi connectivity index (χ2n) is 7.23. The Hall–Kier alpha value is -2.48. The third-order valence-corrected chi connectivity index (χ3v) is 5.42. The van der Waals surface area contributed by atoms with Crippen molar-refractivity contribution in [3.63, 3.8) is 0 Å². The SMILES string of the molecule is Cl.Nc1cc2ccccc2cc1C(=O)NC(C(=O)O)[C@H]1CC[C@@H](C(F)(F)F)CC1. The number of carboxylic acids is 1. The summed E-state index contributed by atoms with van der Waals surface area (Å²) in [7, 11) is 0. The van der Waals surface area contributed by atoms with Gasteiger partial charge in [0, 0.05) is 5.69 Å². The number of aliphatic carboxylic acids is 1. The summed E-state index contributed by atoms with van der Waals surface area (Å²) in [6.45, 7) is 0. The molecule has 29 heavy (non-hydrogen) atoms. The number of nitrogen functional groups attached to an aromatic ring is 1. The number of halogens is 4. The number of carbonyl (C=O) groups is 2. The molecular weight excluding hydrogens is 409 g/mol. The lowest BCUT2D eigenvalue weighted by molar-refractivity contribution is -0.184. The van der Waals surface area contributed by atoms with Crippen molar-refractivity contribution in [1.29, 1.82) is 0 Å². The molecule has 0 aromatic heterocycles. The smallest absolute Gasteiger partial charge is 0.391 e. The molecule has 0 aliphatic heterocycles. The van der Waals surface area contributed by atoms with Crippen LogP contribution >= 0.6 is 12.4 Å². The number of hydrogen-bond donors (Lipinski definition) is 3. The van der Waals surface area contributed by atoms with E-state index in [1.807, 2.05) is 12.1 Å². The molecule has 9 heteroatoms. The van der Waals surface area contributed by atoms with Gasteiger partial charge in [-0.25, -0.2) is 4.79 Å². The summed E-state index contributed by atoms with van der Waals surface area (Å²) in [5.74, 6) is -3.87. The summed E-state index contributed by atoms with van der Waals surface area (Å²) in [5, 5.41) is 13.6. The first kappa shape index (κ1) is 22.8. The fourth-order valence-electron chi connectivity index (χ4n) is 3.83. The third-order valence-electron chi connectivity index (χ3n) is 5.42. The Morgan fingerprint density at radius 3 is 2.14 bits per heavy atom. The second-order valence-corrected chi connectivity index (χ2v) is 7.23. The number of amides is 1. The predicted octanol–water partition coefficient (Wildman–Crippen LogP) is 4.40. The second kappa shape index (κ2) is 8.90. The number of hydrogen-bond acceptors (Lipinski definition) is 3. The molecule has 1 atom stereocenters. The Kier molecular flexibility index (Phi) is 7.00. The molecule has 0 saturated heterocycles. The largest absolute Gasteiger partial charge is 0.480 e. The van der Waals surface area contributed by atoms with Crippen LogP contribution < -0.4 is 11.1 Å². The van der Waals surface area contributed by atoms with Gasteiger partial charge in [-0.2, -0.15) is 13.2 Å². The van der Waals surface area contributed by atoms with E-state index >= 15 is 0 Å². The van der Waals surface area contributed by atoms with Gasteiger partial charge < -0.3 is 16.2 Å². The van der Waals surface area contributed by atoms with Gasteiger partial charge in [0.05, 0.1) is 11.5 Å². The summed E-state index contributed by atoms with van der Waals surface area (Å²) in [6.07, 6.45) is -4.35. The molecule has 1 saturated carbocycles. The number of anilines is 1. The van der Waals surface area contributed by atoms with Gasteiger partial charge >= 0.3 is 12.1 Å². The molecule has 4 N–H and O–H groups in total. The first-order valence-electron chi connectivity index (χ1n) is 9.05. The minimum Gasteiger partial charge on any atom is -0.480 e. The van der Waals surface area contributed by atoms with E-state index in [2.05, 4.69) is 5.32 Å². The molecule has 0 spiro atoms. The monoisotopic (exact) mass is 430 g/mol. The zero-order valence-electron chi connectivity index (χ0n) is 15.4. The number of nitrogens with two attached hydrogens (primary N) is 1. The molecule has 0 radical (unpaired) electrons. The average molecular weight is 431 g/mol. The van der Waals surface area contributed by atoms with Crippen molar-refractivity contribution in [3.8, 4) is 0 Å². The number of rotatable bonds is 4. The van der Waals surface area contributed by atoms with Gasteiger partial charge in [0.2, 0.25) is 0 Å². The minimum atomic E-state index is -4.27. The summed E-state index contributed by atoms with van der Waals surface area (Å²) in [6, 6.07) is 9.24. The van der Waals surface area contributed by atoms with Gasteiger partial charge in [0.1, 0.15) is 6.04 Å². The Balaban J connectivity index is 0.00000300. The van der Waals surface area contributed by atoms with Crippen molar-refractivity contribution >= 4 is 40.7 Å². The predicted molar refractivity (Wildman–Crippen MR) is 106 cm³/mol. The molecule has 1 unspecified atom stereocenters. The van der Waals surface area contributed by atoms with Crippen molar-refractivity contribution in [1.82, 2.24) is 5.32 Å². The zero-order valence-corrected chi connectivity index (χ0v) is 16.2. The fourth-order valence-corrected chi connectivity index (χ4v) is 3.83. The highest BCUT2D eigenvalue weighted by atomic mass is 35.5. The van der Waals surface area contributed by atoms with Crippen molar-refractivity contribution in [2.75, 3.05) is 5.73 Å². The lowest BCUT2D eigenvalue weighted by Crippen LogP contribution is -2.47.